The van der Waals surface area contributed by atoms with Crippen LogP contribution in [0.5, 0.6) is 11.5 Å². The minimum atomic E-state index is -5.08. The standard InChI is InChI=1S/C20H21N3O2.C2HF3O2/c1-13(14-2-4-17-15(8-14)10-22-23-17)21-11-20(6-7-20)16-3-5-18-19(9-16)25-12-24-18;3-2(4,5)1(6)7/h2-5,8-10,13,21H,6-7,11-12H2,1H3,(H,22,23);(H,6,7). The van der Waals surface area contributed by atoms with Crippen LogP contribution in [0.2, 0.25) is 0 Å². The summed E-state index contributed by atoms with van der Waals surface area (Å²) in [5, 5.41) is 19.1. The number of carbonyl (C=O) groups is 1. The monoisotopic (exact) mass is 449 g/mol. The third kappa shape index (κ3) is 4.64. The van der Waals surface area contributed by atoms with Gasteiger partial charge in [0.25, 0.3) is 0 Å². The zero-order chi connectivity index (χ0) is 22.9. The maximum absolute atomic E-state index is 10.6. The summed E-state index contributed by atoms with van der Waals surface area (Å²) in [6.45, 7) is 3.52. The number of fused-ring (bicyclic) bond motifs is 2. The van der Waals surface area contributed by atoms with Crippen LogP contribution in [0, 0.1) is 0 Å². The number of aromatic nitrogens is 2. The average molecular weight is 449 g/mol. The van der Waals surface area contributed by atoms with Crippen molar-refractivity contribution in [2.75, 3.05) is 13.3 Å². The molecule has 0 amide bonds. The SMILES string of the molecule is CC(NCC1(c2ccc3c(c2)OCO3)CC1)c1ccc2[nH]ncc2c1.O=C(O)C(F)(F)F. The molecule has 1 atom stereocenters. The molecule has 0 spiro atoms. The molecule has 0 radical (unpaired) electrons. The highest BCUT2D eigenvalue weighted by molar-refractivity contribution is 5.78. The van der Waals surface area contributed by atoms with Crippen LogP contribution in [-0.2, 0) is 10.2 Å². The second-order valence-electron chi connectivity index (χ2n) is 7.97. The van der Waals surface area contributed by atoms with Crippen LogP contribution in [0.1, 0.15) is 36.9 Å². The predicted octanol–water partition coefficient (Wildman–Crippen LogP) is 4.31. The van der Waals surface area contributed by atoms with Crippen molar-refractivity contribution in [2.24, 2.45) is 0 Å². The Bertz CT molecular complexity index is 1130. The van der Waals surface area contributed by atoms with E-state index in [0.717, 1.165) is 28.9 Å². The lowest BCUT2D eigenvalue weighted by atomic mass is 9.94. The molecule has 3 aromatic rings. The lowest BCUT2D eigenvalue weighted by molar-refractivity contribution is -0.192. The van der Waals surface area contributed by atoms with Crippen LogP contribution in [0.15, 0.2) is 42.6 Å². The fourth-order valence-corrected chi connectivity index (χ4v) is 3.64. The van der Waals surface area contributed by atoms with Gasteiger partial charge < -0.3 is 19.9 Å². The molecule has 2 aromatic carbocycles. The first-order chi connectivity index (χ1) is 15.2. The maximum Gasteiger partial charge on any atom is 0.490 e. The first-order valence-corrected chi connectivity index (χ1v) is 10.0. The predicted molar refractivity (Wildman–Crippen MR) is 110 cm³/mol. The molecule has 1 aliphatic heterocycles. The van der Waals surface area contributed by atoms with Gasteiger partial charge in [-0.15, -0.1) is 0 Å². The summed E-state index contributed by atoms with van der Waals surface area (Å²) in [4.78, 5) is 8.90. The number of benzene rings is 2. The summed E-state index contributed by atoms with van der Waals surface area (Å²) in [5.74, 6) is -1.02. The number of H-pyrrole nitrogens is 1. The highest BCUT2D eigenvalue weighted by Gasteiger charge is 2.44. The average Bonchev–Trinajstić information content (AvgIpc) is 3.17. The topological polar surface area (TPSA) is 96.5 Å². The van der Waals surface area contributed by atoms with Gasteiger partial charge in [0.05, 0.1) is 11.7 Å². The number of rotatable bonds is 5. The molecule has 0 bridgehead atoms. The van der Waals surface area contributed by atoms with Gasteiger partial charge in [-0.05, 0) is 55.2 Å². The van der Waals surface area contributed by atoms with Crippen LogP contribution >= 0.6 is 0 Å². The number of aliphatic carboxylic acids is 1. The number of carboxylic acids is 1. The van der Waals surface area contributed by atoms with Gasteiger partial charge in [-0.25, -0.2) is 4.79 Å². The summed E-state index contributed by atoms with van der Waals surface area (Å²) in [6.07, 6.45) is -0.777. The summed E-state index contributed by atoms with van der Waals surface area (Å²) in [6, 6.07) is 13.1. The van der Waals surface area contributed by atoms with Crippen molar-refractivity contribution in [2.45, 2.75) is 37.4 Å². The number of ether oxygens (including phenoxy) is 2. The maximum atomic E-state index is 10.6. The van der Waals surface area contributed by atoms with E-state index in [1.54, 1.807) is 0 Å². The Hall–Kier alpha value is -3.27. The van der Waals surface area contributed by atoms with Crippen molar-refractivity contribution < 1.29 is 32.5 Å². The van der Waals surface area contributed by atoms with E-state index in [1.165, 1.54) is 24.0 Å². The minimum Gasteiger partial charge on any atom is -0.475 e. The summed E-state index contributed by atoms with van der Waals surface area (Å²) in [5.41, 5.74) is 3.95. The molecule has 2 heterocycles. The number of alkyl halides is 3. The molecule has 170 valence electrons. The molecule has 3 N–H and O–H groups in total. The Balaban J connectivity index is 0.000000307. The summed E-state index contributed by atoms with van der Waals surface area (Å²) >= 11 is 0. The lowest BCUT2D eigenvalue weighted by Gasteiger charge is -2.21. The second kappa shape index (κ2) is 8.34. The van der Waals surface area contributed by atoms with Gasteiger partial charge in [-0.2, -0.15) is 18.3 Å². The second-order valence-corrected chi connectivity index (χ2v) is 7.97. The van der Waals surface area contributed by atoms with E-state index in [2.05, 4.69) is 52.8 Å². The highest BCUT2D eigenvalue weighted by atomic mass is 19.4. The number of carboxylic acid groups (broad SMARTS) is 1. The first kappa shape index (κ1) is 21.9. The Kier molecular flexibility index (Phi) is 5.72. The minimum absolute atomic E-state index is 0.231. The third-order valence-electron chi connectivity index (χ3n) is 5.79. The molecule has 1 fully saturated rings. The quantitative estimate of drug-likeness (QED) is 0.537. The largest absolute Gasteiger partial charge is 0.490 e. The molecule has 10 heteroatoms. The van der Waals surface area contributed by atoms with Crippen molar-refractivity contribution in [3.05, 3.63) is 53.7 Å². The van der Waals surface area contributed by atoms with Gasteiger partial charge in [0.1, 0.15) is 0 Å². The number of halogens is 3. The van der Waals surface area contributed by atoms with Crippen LogP contribution in [0.25, 0.3) is 10.9 Å². The molecular formula is C22H22F3N3O4. The van der Waals surface area contributed by atoms with E-state index in [9.17, 15) is 13.2 Å². The Morgan fingerprint density at radius 1 is 1.22 bits per heavy atom. The van der Waals surface area contributed by atoms with Crippen molar-refractivity contribution in [1.82, 2.24) is 15.5 Å². The number of nitrogens with one attached hydrogen (secondary N) is 2. The Labute approximate surface area is 181 Å². The fraction of sp³-hybridized carbons (Fsp3) is 0.364. The summed E-state index contributed by atoms with van der Waals surface area (Å²) < 4.78 is 42.7. The third-order valence-corrected chi connectivity index (χ3v) is 5.79. The smallest absolute Gasteiger partial charge is 0.475 e. The van der Waals surface area contributed by atoms with Crippen molar-refractivity contribution in [3.63, 3.8) is 0 Å². The molecule has 1 aliphatic carbocycles. The van der Waals surface area contributed by atoms with Crippen LogP contribution < -0.4 is 14.8 Å². The number of aromatic amines is 1. The molecule has 2 aliphatic rings. The van der Waals surface area contributed by atoms with Gasteiger partial charge in [0.15, 0.2) is 11.5 Å². The van der Waals surface area contributed by atoms with Crippen LogP contribution in [-0.4, -0.2) is 40.8 Å². The Morgan fingerprint density at radius 3 is 2.62 bits per heavy atom. The first-order valence-electron chi connectivity index (χ1n) is 10.0. The fourth-order valence-electron chi connectivity index (χ4n) is 3.64. The normalized spacial score (nSPS) is 16.9. The van der Waals surface area contributed by atoms with Crippen molar-refractivity contribution >= 4 is 16.9 Å². The van der Waals surface area contributed by atoms with Gasteiger partial charge in [-0.3, -0.25) is 5.10 Å². The number of nitrogens with zero attached hydrogens (tertiary/aromatic N) is 1. The lowest BCUT2D eigenvalue weighted by Crippen LogP contribution is -2.29. The molecule has 5 rings (SSSR count). The van der Waals surface area contributed by atoms with Crippen molar-refractivity contribution in [3.8, 4) is 11.5 Å². The highest BCUT2D eigenvalue weighted by Crippen LogP contribution is 2.50. The van der Waals surface area contributed by atoms with Gasteiger partial charge in [-0.1, -0.05) is 12.1 Å². The van der Waals surface area contributed by atoms with E-state index in [-0.39, 0.29) is 5.41 Å². The number of hydrogen-bond acceptors (Lipinski definition) is 5. The summed E-state index contributed by atoms with van der Waals surface area (Å²) in [7, 11) is 0. The van der Waals surface area contributed by atoms with E-state index in [0.29, 0.717) is 12.8 Å². The molecule has 1 saturated carbocycles. The molecule has 0 saturated heterocycles. The van der Waals surface area contributed by atoms with Crippen LogP contribution in [0.4, 0.5) is 13.2 Å². The molecule has 7 nitrogen and oxygen atoms in total. The zero-order valence-corrected chi connectivity index (χ0v) is 17.2. The van der Waals surface area contributed by atoms with Crippen molar-refractivity contribution in [1.29, 1.82) is 0 Å². The molecule has 32 heavy (non-hydrogen) atoms. The molecular weight excluding hydrogens is 427 g/mol. The van der Waals surface area contributed by atoms with E-state index < -0.39 is 12.1 Å². The molecule has 1 unspecified atom stereocenters. The van der Waals surface area contributed by atoms with E-state index >= 15 is 0 Å². The molecule has 1 aromatic heterocycles. The number of hydrogen-bond donors (Lipinski definition) is 3. The van der Waals surface area contributed by atoms with Gasteiger partial charge >= 0.3 is 12.1 Å². The van der Waals surface area contributed by atoms with E-state index in [1.807, 2.05) is 12.3 Å². The van der Waals surface area contributed by atoms with Gasteiger partial charge in [0.2, 0.25) is 6.79 Å². The zero-order valence-electron chi connectivity index (χ0n) is 17.2. The van der Waals surface area contributed by atoms with Crippen LogP contribution in [0.3, 0.4) is 0 Å². The Morgan fingerprint density at radius 2 is 1.94 bits per heavy atom. The van der Waals surface area contributed by atoms with E-state index in [4.69, 9.17) is 19.4 Å². The van der Waals surface area contributed by atoms with Gasteiger partial charge in [0, 0.05) is 23.4 Å².